The fraction of sp³-hybridized carbons (Fsp3) is 0. The van der Waals surface area contributed by atoms with Gasteiger partial charge in [0.2, 0.25) is 0 Å². The van der Waals surface area contributed by atoms with Gasteiger partial charge in [-0.2, -0.15) is 0 Å². The summed E-state index contributed by atoms with van der Waals surface area (Å²) in [6.07, 6.45) is 0. The van der Waals surface area contributed by atoms with Crippen molar-refractivity contribution in [2.75, 3.05) is 0 Å². The van der Waals surface area contributed by atoms with Gasteiger partial charge in [-0.05, 0) is 42.0 Å². The molecule has 5 heteroatoms. The van der Waals surface area contributed by atoms with Crippen molar-refractivity contribution in [3.63, 3.8) is 0 Å². The van der Waals surface area contributed by atoms with Crippen molar-refractivity contribution in [3.8, 4) is 56.7 Å². The van der Waals surface area contributed by atoms with Gasteiger partial charge in [0, 0.05) is 38.2 Å². The summed E-state index contributed by atoms with van der Waals surface area (Å²) < 4.78 is 4.79. The molecule has 11 rings (SSSR count). The first-order valence-electron chi connectivity index (χ1n) is 18.9. The van der Waals surface area contributed by atoms with E-state index in [1.165, 1.54) is 21.5 Å². The van der Waals surface area contributed by atoms with Crippen molar-refractivity contribution in [2.24, 2.45) is 0 Å². The summed E-state index contributed by atoms with van der Waals surface area (Å²) in [5.74, 6) is 1.82. The van der Waals surface area contributed by atoms with E-state index < -0.39 is 0 Å². The van der Waals surface area contributed by atoms with Crippen molar-refractivity contribution in [1.82, 2.24) is 24.1 Å². The molecular formula is C51H33N5. The number of aromatic nitrogens is 5. The monoisotopic (exact) mass is 715 g/mol. The number of para-hydroxylation sites is 4. The van der Waals surface area contributed by atoms with Gasteiger partial charge < -0.3 is 9.13 Å². The van der Waals surface area contributed by atoms with Crippen LogP contribution in [0, 0.1) is 0 Å². The second-order valence-electron chi connectivity index (χ2n) is 14.0. The van der Waals surface area contributed by atoms with E-state index in [2.05, 4.69) is 173 Å². The van der Waals surface area contributed by atoms with Gasteiger partial charge in [-0.1, -0.05) is 164 Å². The van der Waals surface area contributed by atoms with E-state index in [9.17, 15) is 0 Å². The van der Waals surface area contributed by atoms with Crippen molar-refractivity contribution in [1.29, 1.82) is 0 Å². The van der Waals surface area contributed by atoms with Crippen molar-refractivity contribution < 1.29 is 0 Å². The highest BCUT2D eigenvalue weighted by Crippen LogP contribution is 2.45. The Morgan fingerprint density at radius 3 is 0.946 bits per heavy atom. The Morgan fingerprint density at radius 1 is 0.250 bits per heavy atom. The van der Waals surface area contributed by atoms with Crippen LogP contribution in [0.3, 0.4) is 0 Å². The molecule has 11 aromatic rings. The highest BCUT2D eigenvalue weighted by Gasteiger charge is 2.26. The van der Waals surface area contributed by atoms with Crippen LogP contribution in [0.2, 0.25) is 0 Å². The molecule has 262 valence electrons. The predicted octanol–water partition coefficient (Wildman–Crippen LogP) is 12.7. The summed E-state index contributed by atoms with van der Waals surface area (Å²) >= 11 is 0. The van der Waals surface area contributed by atoms with Crippen molar-refractivity contribution >= 4 is 43.6 Å². The molecule has 3 aromatic heterocycles. The van der Waals surface area contributed by atoms with Crippen LogP contribution < -0.4 is 0 Å². The highest BCUT2D eigenvalue weighted by molar-refractivity contribution is 6.12. The number of nitrogens with zero attached hydrogens (tertiary/aromatic N) is 5. The molecule has 8 aromatic carbocycles. The Kier molecular flexibility index (Phi) is 7.42. The number of hydrogen-bond acceptors (Lipinski definition) is 3. The number of fused-ring (bicyclic) bond motifs is 6. The lowest BCUT2D eigenvalue weighted by molar-refractivity contribution is 1.06. The van der Waals surface area contributed by atoms with Crippen LogP contribution in [0.5, 0.6) is 0 Å². The first-order chi connectivity index (χ1) is 27.8. The molecule has 0 radical (unpaired) electrons. The van der Waals surface area contributed by atoms with Crippen LogP contribution in [0.15, 0.2) is 200 Å². The molecule has 0 atom stereocenters. The summed E-state index contributed by atoms with van der Waals surface area (Å²) in [6, 6.07) is 70.3. The van der Waals surface area contributed by atoms with Crippen molar-refractivity contribution in [2.45, 2.75) is 0 Å². The van der Waals surface area contributed by atoms with Crippen LogP contribution in [0.4, 0.5) is 0 Å². The molecule has 0 aliphatic heterocycles. The molecule has 0 spiro atoms. The van der Waals surface area contributed by atoms with Gasteiger partial charge in [0.1, 0.15) is 0 Å². The molecule has 0 aliphatic carbocycles. The summed E-state index contributed by atoms with van der Waals surface area (Å²) in [6.45, 7) is 0. The molecule has 5 nitrogen and oxygen atoms in total. The number of rotatable bonds is 6. The molecule has 0 N–H and O–H groups in total. The third kappa shape index (κ3) is 5.06. The topological polar surface area (TPSA) is 48.5 Å². The highest BCUT2D eigenvalue weighted by atomic mass is 15.1. The maximum atomic E-state index is 5.42. The fourth-order valence-corrected chi connectivity index (χ4v) is 8.36. The largest absolute Gasteiger partial charge is 0.309 e. The average molecular weight is 716 g/mol. The van der Waals surface area contributed by atoms with Crippen LogP contribution >= 0.6 is 0 Å². The quantitative estimate of drug-likeness (QED) is 0.172. The maximum absolute atomic E-state index is 5.42. The Morgan fingerprint density at radius 2 is 0.554 bits per heavy atom. The SMILES string of the molecule is c1ccc(-c2nc(-c3ccccc3)nc(-c3c(-n4c5ccccc5c5ccccc54)ccc(-n4c5ccccc5c5ccccc54)c3-c3ccccc3)n2)cc1. The smallest absolute Gasteiger partial charge is 0.166 e. The summed E-state index contributed by atoms with van der Waals surface area (Å²) in [4.78, 5) is 16.0. The Hall–Kier alpha value is -7.63. The third-order valence-electron chi connectivity index (χ3n) is 10.8. The maximum Gasteiger partial charge on any atom is 0.166 e. The van der Waals surface area contributed by atoms with E-state index in [0.717, 1.165) is 61.3 Å². The first-order valence-corrected chi connectivity index (χ1v) is 18.9. The Labute approximate surface area is 323 Å². The molecule has 0 fully saturated rings. The van der Waals surface area contributed by atoms with Gasteiger partial charge in [-0.3, -0.25) is 0 Å². The summed E-state index contributed by atoms with van der Waals surface area (Å²) in [5.41, 5.74) is 11.4. The zero-order valence-corrected chi connectivity index (χ0v) is 30.3. The zero-order chi connectivity index (χ0) is 37.0. The fourth-order valence-electron chi connectivity index (χ4n) is 8.36. The molecule has 0 unspecified atom stereocenters. The van der Waals surface area contributed by atoms with Gasteiger partial charge in [0.15, 0.2) is 17.5 Å². The predicted molar refractivity (Wildman–Crippen MR) is 230 cm³/mol. The van der Waals surface area contributed by atoms with Gasteiger partial charge in [0.05, 0.1) is 39.0 Å². The molecule has 0 saturated carbocycles. The first kappa shape index (κ1) is 31.9. The zero-order valence-electron chi connectivity index (χ0n) is 30.3. The van der Waals surface area contributed by atoms with Gasteiger partial charge >= 0.3 is 0 Å². The van der Waals surface area contributed by atoms with Crippen LogP contribution in [-0.4, -0.2) is 24.1 Å². The lowest BCUT2D eigenvalue weighted by Crippen LogP contribution is -2.08. The van der Waals surface area contributed by atoms with E-state index in [1.807, 2.05) is 36.4 Å². The second kappa shape index (κ2) is 13.0. The van der Waals surface area contributed by atoms with E-state index in [4.69, 9.17) is 15.0 Å². The van der Waals surface area contributed by atoms with Gasteiger partial charge in [-0.25, -0.2) is 15.0 Å². The van der Waals surface area contributed by atoms with Crippen LogP contribution in [-0.2, 0) is 0 Å². The van der Waals surface area contributed by atoms with E-state index >= 15 is 0 Å². The Balaban J connectivity index is 1.35. The molecule has 0 bridgehead atoms. The minimum atomic E-state index is 0.594. The Bertz CT molecular complexity index is 3070. The van der Waals surface area contributed by atoms with E-state index in [1.54, 1.807) is 0 Å². The molecule has 3 heterocycles. The average Bonchev–Trinajstić information content (AvgIpc) is 3.80. The standard InChI is InChI=1S/C51H33N5/c1-4-18-34(19-5-1)47-45(55-41-28-14-10-24-37(41)38-25-11-15-29-42(38)55)32-33-46(56-43-30-16-12-26-39(43)40-27-13-17-31-44(40)56)48(47)51-53-49(35-20-6-2-7-21-35)52-50(54-51)36-22-8-3-9-23-36/h1-33H. The van der Waals surface area contributed by atoms with E-state index in [0.29, 0.717) is 17.5 Å². The lowest BCUT2D eigenvalue weighted by Gasteiger charge is -2.22. The molecule has 0 aliphatic rings. The van der Waals surface area contributed by atoms with E-state index in [-0.39, 0.29) is 0 Å². The van der Waals surface area contributed by atoms with Crippen LogP contribution in [0.25, 0.3) is 100 Å². The van der Waals surface area contributed by atoms with Gasteiger partial charge in [-0.15, -0.1) is 0 Å². The molecular weight excluding hydrogens is 683 g/mol. The van der Waals surface area contributed by atoms with Crippen LogP contribution in [0.1, 0.15) is 0 Å². The minimum Gasteiger partial charge on any atom is -0.309 e. The molecule has 56 heavy (non-hydrogen) atoms. The molecule has 0 amide bonds. The molecule has 0 saturated heterocycles. The number of benzene rings is 8. The third-order valence-corrected chi connectivity index (χ3v) is 10.8. The summed E-state index contributed by atoms with van der Waals surface area (Å²) in [5, 5.41) is 4.78. The normalized spacial score (nSPS) is 11.6. The second-order valence-corrected chi connectivity index (χ2v) is 14.0. The van der Waals surface area contributed by atoms with Gasteiger partial charge in [0.25, 0.3) is 0 Å². The number of hydrogen-bond donors (Lipinski definition) is 0. The summed E-state index contributed by atoms with van der Waals surface area (Å²) in [7, 11) is 0. The lowest BCUT2D eigenvalue weighted by atomic mass is 9.94. The van der Waals surface area contributed by atoms with Crippen molar-refractivity contribution in [3.05, 3.63) is 200 Å². The minimum absolute atomic E-state index is 0.594.